The van der Waals surface area contributed by atoms with Crippen molar-refractivity contribution in [2.24, 2.45) is 0 Å². The van der Waals surface area contributed by atoms with Crippen LogP contribution in [0.3, 0.4) is 0 Å². The number of benzene rings is 2. The minimum absolute atomic E-state index is 0.128. The number of aliphatic hydroxyl groups is 1. The van der Waals surface area contributed by atoms with Gasteiger partial charge in [-0.3, -0.25) is 9.88 Å². The van der Waals surface area contributed by atoms with Crippen LogP contribution in [0.2, 0.25) is 10.0 Å². The molecule has 1 aliphatic heterocycles. The molecule has 2 N–H and O–H groups in total. The van der Waals surface area contributed by atoms with Crippen molar-refractivity contribution >= 4 is 45.5 Å². The third-order valence-corrected chi connectivity index (χ3v) is 7.17. The Bertz CT molecular complexity index is 1310. The van der Waals surface area contributed by atoms with Crippen LogP contribution in [0.4, 0.5) is 11.4 Å². The van der Waals surface area contributed by atoms with Gasteiger partial charge < -0.3 is 29.5 Å². The number of hydrogen-bond donors (Lipinski definition) is 2. The number of piperazine rings is 1. The molecule has 1 aliphatic rings. The fourth-order valence-corrected chi connectivity index (χ4v) is 4.89. The second kappa shape index (κ2) is 13.2. The van der Waals surface area contributed by atoms with Gasteiger partial charge in [0.05, 0.1) is 60.1 Å². The summed E-state index contributed by atoms with van der Waals surface area (Å²) in [5, 5.41) is 23.7. The van der Waals surface area contributed by atoms with Gasteiger partial charge in [0.25, 0.3) is 0 Å². The predicted molar refractivity (Wildman–Crippen MR) is 149 cm³/mol. The molecule has 0 amide bonds. The third kappa shape index (κ3) is 6.52. The number of nitrogens with one attached hydrogen (secondary N) is 1. The summed E-state index contributed by atoms with van der Waals surface area (Å²) in [4.78, 5) is 8.93. The highest BCUT2D eigenvalue weighted by atomic mass is 35.5. The summed E-state index contributed by atoms with van der Waals surface area (Å²) in [6.45, 7) is 5.42. The van der Waals surface area contributed by atoms with Gasteiger partial charge in [-0.05, 0) is 31.5 Å². The summed E-state index contributed by atoms with van der Waals surface area (Å²) < 4.78 is 17.0. The van der Waals surface area contributed by atoms with Crippen LogP contribution in [0.5, 0.6) is 17.2 Å². The van der Waals surface area contributed by atoms with E-state index in [-0.39, 0.29) is 6.73 Å². The summed E-state index contributed by atoms with van der Waals surface area (Å²) in [6, 6.07) is 9.07. The zero-order chi connectivity index (χ0) is 27.1. The number of pyridine rings is 1. The van der Waals surface area contributed by atoms with E-state index in [0.29, 0.717) is 61.7 Å². The monoisotopic (exact) mass is 559 g/mol. The van der Waals surface area contributed by atoms with Crippen LogP contribution in [-0.2, 0) is 0 Å². The van der Waals surface area contributed by atoms with Crippen LogP contribution < -0.4 is 19.5 Å². The Morgan fingerprint density at radius 3 is 2.39 bits per heavy atom. The van der Waals surface area contributed by atoms with Gasteiger partial charge in [-0.25, -0.2) is 0 Å². The lowest BCUT2D eigenvalue weighted by molar-refractivity contribution is 0.0535. The van der Waals surface area contributed by atoms with E-state index in [1.807, 2.05) is 17.0 Å². The van der Waals surface area contributed by atoms with Gasteiger partial charge in [-0.1, -0.05) is 23.2 Å². The molecule has 1 fully saturated rings. The van der Waals surface area contributed by atoms with Crippen molar-refractivity contribution in [1.29, 1.82) is 5.26 Å². The fourth-order valence-electron chi connectivity index (χ4n) is 4.38. The first kappa shape index (κ1) is 28.0. The van der Waals surface area contributed by atoms with Gasteiger partial charge in [0.1, 0.15) is 11.8 Å². The molecule has 1 saturated heterocycles. The number of unbranched alkanes of at least 4 members (excludes halogenated alkanes) is 1. The lowest BCUT2D eigenvalue weighted by Crippen LogP contribution is -2.46. The highest BCUT2D eigenvalue weighted by Gasteiger charge is 2.18. The number of nitrogens with zero attached hydrogens (tertiary/aromatic N) is 4. The molecular weight excluding hydrogens is 529 g/mol. The maximum Gasteiger partial charge on any atom is 0.163 e. The van der Waals surface area contributed by atoms with E-state index in [4.69, 9.17) is 37.4 Å². The van der Waals surface area contributed by atoms with E-state index in [1.54, 1.807) is 19.2 Å². The Labute approximate surface area is 232 Å². The summed E-state index contributed by atoms with van der Waals surface area (Å²) in [5.41, 5.74) is 2.06. The van der Waals surface area contributed by atoms with E-state index in [2.05, 4.69) is 21.3 Å². The zero-order valence-electron chi connectivity index (χ0n) is 21.5. The molecule has 0 bridgehead atoms. The highest BCUT2D eigenvalue weighted by molar-refractivity contribution is 6.37. The molecule has 2 aromatic carbocycles. The zero-order valence-corrected chi connectivity index (χ0v) is 23.0. The van der Waals surface area contributed by atoms with Gasteiger partial charge in [-0.2, -0.15) is 5.26 Å². The van der Waals surface area contributed by atoms with Gasteiger partial charge in [-0.15, -0.1) is 0 Å². The number of methoxy groups -OCH3 is 2. The van der Waals surface area contributed by atoms with Crippen LogP contribution in [0.25, 0.3) is 10.9 Å². The molecule has 9 nitrogen and oxygen atoms in total. The number of hydrogen-bond acceptors (Lipinski definition) is 9. The second-order valence-corrected chi connectivity index (χ2v) is 9.74. The number of halogens is 2. The lowest BCUT2D eigenvalue weighted by atomic mass is 10.1. The molecule has 0 aliphatic carbocycles. The van der Waals surface area contributed by atoms with E-state index < -0.39 is 0 Å². The number of ether oxygens (including phenoxy) is 3. The molecule has 0 unspecified atom stereocenters. The molecule has 38 heavy (non-hydrogen) atoms. The topological polar surface area (TPSA) is 103 Å². The molecule has 0 spiro atoms. The maximum absolute atomic E-state index is 9.76. The first-order valence-corrected chi connectivity index (χ1v) is 13.1. The normalized spacial score (nSPS) is 14.3. The van der Waals surface area contributed by atoms with Crippen molar-refractivity contribution in [1.82, 2.24) is 14.8 Å². The molecule has 0 atom stereocenters. The molecule has 11 heteroatoms. The Balaban J connectivity index is 1.48. The van der Waals surface area contributed by atoms with E-state index in [0.717, 1.165) is 45.6 Å². The quantitative estimate of drug-likeness (QED) is 0.317. The largest absolute Gasteiger partial charge is 0.495 e. The Kier molecular flexibility index (Phi) is 9.72. The fraction of sp³-hybridized carbons (Fsp3) is 0.407. The summed E-state index contributed by atoms with van der Waals surface area (Å²) >= 11 is 12.6. The van der Waals surface area contributed by atoms with Gasteiger partial charge in [0, 0.05) is 49.9 Å². The highest BCUT2D eigenvalue weighted by Crippen LogP contribution is 2.40. The number of rotatable bonds is 11. The summed E-state index contributed by atoms with van der Waals surface area (Å²) in [6.07, 6.45) is 3.42. The van der Waals surface area contributed by atoms with E-state index >= 15 is 0 Å². The maximum atomic E-state index is 9.76. The number of aromatic nitrogens is 1. The van der Waals surface area contributed by atoms with Gasteiger partial charge in [0.15, 0.2) is 11.5 Å². The van der Waals surface area contributed by atoms with Crippen molar-refractivity contribution in [3.8, 4) is 23.3 Å². The Morgan fingerprint density at radius 2 is 1.71 bits per heavy atom. The van der Waals surface area contributed by atoms with Gasteiger partial charge >= 0.3 is 0 Å². The third-order valence-electron chi connectivity index (χ3n) is 6.57. The minimum Gasteiger partial charge on any atom is -0.495 e. The first-order chi connectivity index (χ1) is 18.5. The first-order valence-electron chi connectivity index (χ1n) is 12.4. The summed E-state index contributed by atoms with van der Waals surface area (Å²) in [5.74, 6) is 1.58. The van der Waals surface area contributed by atoms with Crippen molar-refractivity contribution in [3.63, 3.8) is 0 Å². The molecule has 202 valence electrons. The number of anilines is 2. The van der Waals surface area contributed by atoms with Crippen molar-refractivity contribution in [3.05, 3.63) is 46.1 Å². The molecular formula is C27H31Cl2N5O4. The standard InChI is InChI=1S/C27H31Cl2N5O4/c1-36-24-14-23(20(28)12-21(24)29)32-27-18(15-30)16-31-22-13-26(25(37-2)11-19(22)27)38-10-4-3-5-33-6-8-34(17-35)9-7-33/h11-14,16,35H,3-10,17H2,1-2H3,(H,31,32). The molecule has 2 heterocycles. The molecule has 1 aromatic heterocycles. The van der Waals surface area contributed by atoms with Crippen LogP contribution in [0, 0.1) is 11.3 Å². The molecule has 3 aromatic rings. The lowest BCUT2D eigenvalue weighted by Gasteiger charge is -2.33. The molecule has 0 saturated carbocycles. The van der Waals surface area contributed by atoms with Crippen molar-refractivity contribution < 1.29 is 19.3 Å². The molecule has 4 rings (SSSR count). The van der Waals surface area contributed by atoms with Crippen LogP contribution in [0.15, 0.2) is 30.5 Å². The smallest absolute Gasteiger partial charge is 0.163 e. The van der Waals surface area contributed by atoms with Crippen LogP contribution >= 0.6 is 23.2 Å². The Hall–Kier alpha value is -3.00. The number of aliphatic hydroxyl groups excluding tert-OH is 1. The summed E-state index contributed by atoms with van der Waals surface area (Å²) in [7, 11) is 3.10. The minimum atomic E-state index is 0.128. The van der Waals surface area contributed by atoms with Crippen molar-refractivity contribution in [2.45, 2.75) is 12.8 Å². The van der Waals surface area contributed by atoms with Gasteiger partial charge in [0.2, 0.25) is 0 Å². The molecule has 0 radical (unpaired) electrons. The second-order valence-electron chi connectivity index (χ2n) is 8.93. The van der Waals surface area contributed by atoms with Crippen molar-refractivity contribution in [2.75, 3.05) is 65.6 Å². The van der Waals surface area contributed by atoms with E-state index in [1.165, 1.54) is 13.3 Å². The number of nitriles is 1. The van der Waals surface area contributed by atoms with Crippen LogP contribution in [0.1, 0.15) is 18.4 Å². The van der Waals surface area contributed by atoms with Crippen LogP contribution in [-0.4, -0.2) is 80.2 Å². The average Bonchev–Trinajstić information content (AvgIpc) is 2.94. The number of fused-ring (bicyclic) bond motifs is 1. The van der Waals surface area contributed by atoms with E-state index in [9.17, 15) is 10.4 Å². The SMILES string of the molecule is COc1cc(Nc2c(C#N)cnc3cc(OCCCCN4CCN(CO)CC4)c(OC)cc23)c(Cl)cc1Cl. The Morgan fingerprint density at radius 1 is 0.974 bits per heavy atom. The average molecular weight is 560 g/mol. The predicted octanol–water partition coefficient (Wildman–Crippen LogP) is 4.90.